The quantitative estimate of drug-likeness (QED) is 0.443. The van der Waals surface area contributed by atoms with E-state index in [9.17, 15) is 0 Å². The SMILES string of the molecule is CC(C)N(CCN=C(N)N1CCCCCC1)C1CC1.I. The third kappa shape index (κ3) is 5.76. The summed E-state index contributed by atoms with van der Waals surface area (Å²) in [6.45, 7) is 8.63. The Morgan fingerprint density at radius 2 is 1.80 bits per heavy atom. The first-order valence-electron chi connectivity index (χ1n) is 7.99. The molecule has 0 aromatic heterocycles. The van der Waals surface area contributed by atoms with Crippen molar-refractivity contribution in [1.82, 2.24) is 9.80 Å². The Kier molecular flexibility index (Phi) is 8.17. The molecular formula is C15H31IN4. The van der Waals surface area contributed by atoms with Crippen molar-refractivity contribution >= 4 is 29.9 Å². The Hall–Kier alpha value is -0.0400. The predicted molar refractivity (Wildman–Crippen MR) is 96.8 cm³/mol. The van der Waals surface area contributed by atoms with Gasteiger partial charge in [-0.15, -0.1) is 24.0 Å². The van der Waals surface area contributed by atoms with Crippen LogP contribution in [0.15, 0.2) is 4.99 Å². The summed E-state index contributed by atoms with van der Waals surface area (Å²) in [5.41, 5.74) is 6.13. The minimum absolute atomic E-state index is 0. The summed E-state index contributed by atoms with van der Waals surface area (Å²) in [4.78, 5) is 9.44. The van der Waals surface area contributed by atoms with Crippen molar-refractivity contribution in [3.63, 3.8) is 0 Å². The molecule has 0 amide bonds. The number of likely N-dealkylation sites (tertiary alicyclic amines) is 1. The van der Waals surface area contributed by atoms with Crippen LogP contribution in [-0.2, 0) is 0 Å². The molecule has 0 unspecified atom stereocenters. The van der Waals surface area contributed by atoms with Gasteiger partial charge in [0, 0.05) is 31.7 Å². The van der Waals surface area contributed by atoms with E-state index in [0.717, 1.165) is 38.2 Å². The van der Waals surface area contributed by atoms with E-state index in [0.29, 0.717) is 6.04 Å². The molecule has 2 aliphatic rings. The molecule has 0 bridgehead atoms. The van der Waals surface area contributed by atoms with E-state index >= 15 is 0 Å². The minimum atomic E-state index is 0. The summed E-state index contributed by atoms with van der Waals surface area (Å²) >= 11 is 0. The van der Waals surface area contributed by atoms with Gasteiger partial charge in [-0.1, -0.05) is 12.8 Å². The Morgan fingerprint density at radius 3 is 2.30 bits per heavy atom. The molecule has 1 saturated carbocycles. The van der Waals surface area contributed by atoms with Gasteiger partial charge in [-0.25, -0.2) is 0 Å². The lowest BCUT2D eigenvalue weighted by molar-refractivity contribution is 0.217. The zero-order valence-electron chi connectivity index (χ0n) is 13.1. The summed E-state index contributed by atoms with van der Waals surface area (Å²) in [5, 5.41) is 0. The third-order valence-corrected chi connectivity index (χ3v) is 4.24. The van der Waals surface area contributed by atoms with Gasteiger partial charge >= 0.3 is 0 Å². The second-order valence-electron chi connectivity index (χ2n) is 6.20. The fourth-order valence-electron chi connectivity index (χ4n) is 2.95. The maximum atomic E-state index is 6.13. The van der Waals surface area contributed by atoms with Gasteiger partial charge in [0.05, 0.1) is 6.54 Å². The lowest BCUT2D eigenvalue weighted by atomic mass is 10.2. The maximum absolute atomic E-state index is 6.13. The monoisotopic (exact) mass is 394 g/mol. The van der Waals surface area contributed by atoms with Crippen LogP contribution in [0.25, 0.3) is 0 Å². The van der Waals surface area contributed by atoms with Gasteiger partial charge in [0.15, 0.2) is 5.96 Å². The molecular weight excluding hydrogens is 363 g/mol. The van der Waals surface area contributed by atoms with Crippen molar-refractivity contribution < 1.29 is 0 Å². The Bertz CT molecular complexity index is 292. The van der Waals surface area contributed by atoms with Crippen molar-refractivity contribution in [2.75, 3.05) is 26.2 Å². The highest BCUT2D eigenvalue weighted by Gasteiger charge is 2.30. The first-order valence-corrected chi connectivity index (χ1v) is 7.99. The van der Waals surface area contributed by atoms with E-state index in [1.165, 1.54) is 38.5 Å². The number of guanidine groups is 1. The fraction of sp³-hybridized carbons (Fsp3) is 0.933. The van der Waals surface area contributed by atoms with Crippen molar-refractivity contribution in [2.45, 2.75) is 64.5 Å². The van der Waals surface area contributed by atoms with Crippen molar-refractivity contribution in [3.8, 4) is 0 Å². The lowest BCUT2D eigenvalue weighted by Gasteiger charge is -2.26. The average molecular weight is 394 g/mol. The van der Waals surface area contributed by atoms with Crippen LogP contribution in [0.1, 0.15) is 52.4 Å². The van der Waals surface area contributed by atoms with Crippen molar-refractivity contribution in [3.05, 3.63) is 0 Å². The van der Waals surface area contributed by atoms with Crippen LogP contribution in [0.4, 0.5) is 0 Å². The summed E-state index contributed by atoms with van der Waals surface area (Å²) in [7, 11) is 0. The summed E-state index contributed by atoms with van der Waals surface area (Å²) in [6, 6.07) is 1.44. The molecule has 0 aromatic rings. The van der Waals surface area contributed by atoms with Gasteiger partial charge in [-0.3, -0.25) is 9.89 Å². The average Bonchev–Trinajstić information content (AvgIpc) is 3.19. The molecule has 0 aromatic carbocycles. The first-order chi connectivity index (χ1) is 9.18. The zero-order chi connectivity index (χ0) is 13.7. The summed E-state index contributed by atoms with van der Waals surface area (Å²) in [6.07, 6.45) is 7.93. The molecule has 5 heteroatoms. The summed E-state index contributed by atoms with van der Waals surface area (Å²) in [5.74, 6) is 0.765. The number of hydrogen-bond acceptors (Lipinski definition) is 2. The molecule has 2 N–H and O–H groups in total. The molecule has 2 fully saturated rings. The number of rotatable bonds is 5. The normalized spacial score (nSPS) is 21.0. The lowest BCUT2D eigenvalue weighted by Crippen LogP contribution is -2.39. The van der Waals surface area contributed by atoms with Gasteiger partial charge in [0.2, 0.25) is 0 Å². The highest BCUT2D eigenvalue weighted by molar-refractivity contribution is 14.0. The van der Waals surface area contributed by atoms with Crippen molar-refractivity contribution in [2.24, 2.45) is 10.7 Å². The number of nitrogens with two attached hydrogens (primary N) is 1. The first kappa shape index (κ1) is 18.0. The van der Waals surface area contributed by atoms with Gasteiger partial charge in [0.1, 0.15) is 0 Å². The fourth-order valence-corrected chi connectivity index (χ4v) is 2.95. The molecule has 0 spiro atoms. The Labute approximate surface area is 141 Å². The second-order valence-corrected chi connectivity index (χ2v) is 6.20. The van der Waals surface area contributed by atoms with Crippen LogP contribution >= 0.6 is 24.0 Å². The zero-order valence-corrected chi connectivity index (χ0v) is 15.4. The molecule has 0 atom stereocenters. The molecule has 1 heterocycles. The molecule has 1 saturated heterocycles. The third-order valence-electron chi connectivity index (χ3n) is 4.24. The molecule has 1 aliphatic heterocycles. The van der Waals surface area contributed by atoms with Crippen LogP contribution in [0.2, 0.25) is 0 Å². The molecule has 118 valence electrons. The molecule has 1 aliphatic carbocycles. The van der Waals surface area contributed by atoms with E-state index in [2.05, 4.69) is 28.6 Å². The van der Waals surface area contributed by atoms with Crippen LogP contribution in [0, 0.1) is 0 Å². The van der Waals surface area contributed by atoms with Gasteiger partial charge in [-0.2, -0.15) is 0 Å². The van der Waals surface area contributed by atoms with E-state index in [4.69, 9.17) is 5.73 Å². The number of aliphatic imine (C=N–C) groups is 1. The van der Waals surface area contributed by atoms with Gasteiger partial charge in [0.25, 0.3) is 0 Å². The molecule has 2 rings (SSSR count). The maximum Gasteiger partial charge on any atom is 0.191 e. The molecule has 4 nitrogen and oxygen atoms in total. The Balaban J connectivity index is 0.00000200. The molecule has 20 heavy (non-hydrogen) atoms. The van der Waals surface area contributed by atoms with Gasteiger partial charge < -0.3 is 10.6 Å². The largest absolute Gasteiger partial charge is 0.370 e. The Morgan fingerprint density at radius 1 is 1.20 bits per heavy atom. The van der Waals surface area contributed by atoms with Crippen LogP contribution < -0.4 is 5.73 Å². The predicted octanol–water partition coefficient (Wildman–Crippen LogP) is 2.67. The number of nitrogens with zero attached hydrogens (tertiary/aromatic N) is 3. The smallest absolute Gasteiger partial charge is 0.191 e. The van der Waals surface area contributed by atoms with Gasteiger partial charge in [-0.05, 0) is 39.5 Å². The highest BCUT2D eigenvalue weighted by Crippen LogP contribution is 2.28. The minimum Gasteiger partial charge on any atom is -0.370 e. The van der Waals surface area contributed by atoms with Crippen LogP contribution in [-0.4, -0.2) is 54.0 Å². The standard InChI is InChI=1S/C15H30N4.HI/c1-13(2)19(14-7-8-14)12-9-17-15(16)18-10-5-3-4-6-11-18;/h13-14H,3-12H2,1-2H3,(H2,16,17);1H. The number of halogens is 1. The summed E-state index contributed by atoms with van der Waals surface area (Å²) < 4.78 is 0. The van der Waals surface area contributed by atoms with E-state index in [1.54, 1.807) is 0 Å². The van der Waals surface area contributed by atoms with E-state index in [1.807, 2.05) is 0 Å². The highest BCUT2D eigenvalue weighted by atomic mass is 127. The second kappa shape index (κ2) is 9.07. The van der Waals surface area contributed by atoms with E-state index < -0.39 is 0 Å². The van der Waals surface area contributed by atoms with Crippen LogP contribution in [0.5, 0.6) is 0 Å². The van der Waals surface area contributed by atoms with Crippen molar-refractivity contribution in [1.29, 1.82) is 0 Å². The topological polar surface area (TPSA) is 44.9 Å². The number of hydrogen-bond donors (Lipinski definition) is 1. The van der Waals surface area contributed by atoms with Crippen LogP contribution in [0.3, 0.4) is 0 Å². The van der Waals surface area contributed by atoms with E-state index in [-0.39, 0.29) is 24.0 Å². The molecule has 0 radical (unpaired) electrons.